The van der Waals surface area contributed by atoms with Crippen LogP contribution in [0.3, 0.4) is 0 Å². The van der Waals surface area contributed by atoms with E-state index in [0.29, 0.717) is 19.3 Å². The van der Waals surface area contributed by atoms with Crippen molar-refractivity contribution >= 4 is 45.8 Å². The molecule has 0 atom stereocenters. The van der Waals surface area contributed by atoms with Gasteiger partial charge in [-0.15, -0.1) is 0 Å². The van der Waals surface area contributed by atoms with Gasteiger partial charge in [-0.1, -0.05) is 40.0 Å². The van der Waals surface area contributed by atoms with Crippen LogP contribution in [0.4, 0.5) is 0 Å². The van der Waals surface area contributed by atoms with Gasteiger partial charge >= 0.3 is 38.3 Å². The van der Waals surface area contributed by atoms with Gasteiger partial charge in [-0.05, 0) is 19.3 Å². The molecular weight excluding hydrogens is 289 g/mol. The second kappa shape index (κ2) is 31.5. The van der Waals surface area contributed by atoms with Crippen molar-refractivity contribution in [3.63, 3.8) is 0 Å². The average Bonchev–Trinajstić information content (AvgIpc) is 2.32. The Morgan fingerprint density at radius 2 is 0.810 bits per heavy atom. The molecule has 0 aromatic heterocycles. The van der Waals surface area contributed by atoms with Crippen molar-refractivity contribution in [1.29, 1.82) is 0 Å². The van der Waals surface area contributed by atoms with Crippen LogP contribution in [0.1, 0.15) is 59.3 Å². The monoisotopic (exact) mass is 313 g/mol. The molecule has 21 heavy (non-hydrogen) atoms. The molecule has 0 aromatic carbocycles. The summed E-state index contributed by atoms with van der Waals surface area (Å²) in [6.07, 6.45) is 2.55. The Morgan fingerprint density at radius 1 is 0.667 bits per heavy atom. The van der Waals surface area contributed by atoms with Crippen molar-refractivity contribution < 1.29 is 29.7 Å². The Balaban J connectivity index is -0.0000000561. The predicted molar refractivity (Wildman–Crippen MR) is 73.5 cm³/mol. The zero-order valence-corrected chi connectivity index (χ0v) is 15.6. The fourth-order valence-corrected chi connectivity index (χ4v) is 0.612. The van der Waals surface area contributed by atoms with Gasteiger partial charge in [0.05, 0.1) is 0 Å². The SMILES string of the molecule is CCCC(=O)[O-].CCCC(=O)[O-].CCCC(=O)[O-].[CH3][Na].[N+3]. The minimum Gasteiger partial charge on any atom is 3.00 e. The van der Waals surface area contributed by atoms with E-state index in [4.69, 9.17) is 0 Å². The van der Waals surface area contributed by atoms with Crippen LogP contribution in [0.2, 0.25) is 4.17 Å². The molecule has 0 rings (SSSR count). The molecule has 0 amide bonds. The molecule has 0 spiro atoms. The van der Waals surface area contributed by atoms with Crippen molar-refractivity contribution in [2.75, 3.05) is 0 Å². The van der Waals surface area contributed by atoms with E-state index in [1.165, 1.54) is 27.9 Å². The second-order valence-corrected chi connectivity index (χ2v) is 3.37. The van der Waals surface area contributed by atoms with Crippen LogP contribution < -0.4 is 21.5 Å². The van der Waals surface area contributed by atoms with Crippen molar-refractivity contribution in [3.8, 4) is 0 Å². The fourth-order valence-electron chi connectivity index (χ4n) is 0.612. The molecule has 0 saturated carbocycles. The summed E-state index contributed by atoms with van der Waals surface area (Å²) in [5.41, 5.74) is 0. The van der Waals surface area contributed by atoms with E-state index in [0.717, 1.165) is 0 Å². The smallest absolute Gasteiger partial charge is 3.00 e. The summed E-state index contributed by atoms with van der Waals surface area (Å²) in [5, 5.41) is 28.5. The third-order valence-corrected chi connectivity index (χ3v) is 1.36. The van der Waals surface area contributed by atoms with Crippen molar-refractivity contribution in [3.05, 3.63) is 0 Å². The van der Waals surface area contributed by atoms with Gasteiger partial charge in [0.15, 0.2) is 0 Å². The molecule has 0 saturated heterocycles. The zero-order valence-electron chi connectivity index (χ0n) is 13.6. The molecule has 0 aliphatic heterocycles. The van der Waals surface area contributed by atoms with Gasteiger partial charge in [-0.2, -0.15) is 0 Å². The van der Waals surface area contributed by atoms with E-state index in [9.17, 15) is 29.7 Å². The molecule has 0 unspecified atom stereocenters. The minimum atomic E-state index is -0.961. The van der Waals surface area contributed by atoms with Crippen LogP contribution in [-0.2, 0) is 14.4 Å². The van der Waals surface area contributed by atoms with Gasteiger partial charge in [0.1, 0.15) is 0 Å². The molecule has 0 aliphatic carbocycles. The Kier molecular flexibility index (Phi) is 48.2. The Labute approximate surface area is 145 Å². The number of carboxylic acid groups (broad SMARTS) is 3. The molecule has 0 bridgehead atoms. The van der Waals surface area contributed by atoms with Crippen molar-refractivity contribution in [2.45, 2.75) is 63.5 Å². The summed E-state index contributed by atoms with van der Waals surface area (Å²) in [6, 6.07) is 0. The van der Waals surface area contributed by atoms with Crippen LogP contribution in [-0.4, -0.2) is 45.8 Å². The van der Waals surface area contributed by atoms with Gasteiger partial charge in [-0.3, -0.25) is 0 Å². The van der Waals surface area contributed by atoms with E-state index in [-0.39, 0.29) is 25.4 Å². The number of carbonyl (C=O) groups excluding carboxylic acids is 3. The molecule has 0 fully saturated rings. The van der Waals surface area contributed by atoms with Gasteiger partial charge in [-0.25, -0.2) is 0 Å². The average molecular weight is 313 g/mol. The second-order valence-electron chi connectivity index (χ2n) is 3.37. The molecule has 118 valence electrons. The normalized spacial score (nSPS) is 7.33. The number of carbonyl (C=O) groups is 3. The van der Waals surface area contributed by atoms with Crippen LogP contribution in [0.25, 0.3) is 0 Å². The van der Waals surface area contributed by atoms with E-state index in [2.05, 4.69) is 4.17 Å². The molecule has 7 nitrogen and oxygen atoms in total. The molecule has 0 aromatic rings. The molecule has 8 heteroatoms. The summed E-state index contributed by atoms with van der Waals surface area (Å²) < 4.78 is 2.14. The number of nitrogens with zero attached hydrogens (tertiary/aromatic N) is 1. The Morgan fingerprint density at radius 3 is 0.810 bits per heavy atom. The maximum absolute atomic E-state index is 9.49. The van der Waals surface area contributed by atoms with E-state index in [1.54, 1.807) is 20.8 Å². The minimum absolute atomic E-state index is 0. The quantitative estimate of drug-likeness (QED) is 0.535. The Hall–Kier alpha value is -0.880. The van der Waals surface area contributed by atoms with Crippen LogP contribution in [0.5, 0.6) is 0 Å². The number of aliphatic carboxylic acids is 3. The molecule has 0 heterocycles. The number of carboxylic acids is 3. The summed E-state index contributed by atoms with van der Waals surface area (Å²) in [5.74, 6) is -2.88. The Bertz CT molecular complexity index is 199. The third-order valence-electron chi connectivity index (χ3n) is 1.36. The molecule has 0 aliphatic rings. The third kappa shape index (κ3) is 85.0. The zero-order chi connectivity index (χ0) is 17.0. The summed E-state index contributed by atoms with van der Waals surface area (Å²) in [6.45, 7) is 5.40. The summed E-state index contributed by atoms with van der Waals surface area (Å²) in [7, 11) is 0. The van der Waals surface area contributed by atoms with Crippen LogP contribution >= 0.6 is 0 Å². The van der Waals surface area contributed by atoms with Gasteiger partial charge in [0, 0.05) is 17.9 Å². The molecule has 0 N–H and O–H groups in total. The number of hydrogen-bond acceptors (Lipinski definition) is 6. The van der Waals surface area contributed by atoms with Crippen LogP contribution in [0, 0.1) is 0 Å². The van der Waals surface area contributed by atoms with Crippen LogP contribution in [0.15, 0.2) is 0 Å². The van der Waals surface area contributed by atoms with E-state index >= 15 is 0 Å². The number of hydrogen-bond donors (Lipinski definition) is 0. The van der Waals surface area contributed by atoms with Gasteiger partial charge in [0.25, 0.3) is 0 Å². The summed E-state index contributed by atoms with van der Waals surface area (Å²) >= 11 is 1.31. The standard InChI is InChI=1S/3C4H8O2.CH3.N.Na/c3*1-2-3-4(5)6;;;/h3*2-3H2,1H3,(H,5,6);1H3;;/q;;;;+3;/p-3. The first-order chi connectivity index (χ1) is 9.31. The predicted octanol–water partition coefficient (Wildman–Crippen LogP) is -1.67. The first kappa shape index (κ1) is 32.2. The van der Waals surface area contributed by atoms with Gasteiger partial charge < -0.3 is 29.7 Å². The molecule has 2 radical (unpaired) electrons. The largest absolute Gasteiger partial charge is 3.00 e. The topological polar surface area (TPSA) is 151 Å². The maximum Gasteiger partial charge on any atom is 3.00 e. The van der Waals surface area contributed by atoms with Crippen molar-refractivity contribution in [2.24, 2.45) is 0 Å². The summed E-state index contributed by atoms with van der Waals surface area (Å²) in [4.78, 5) is 28.5. The van der Waals surface area contributed by atoms with Crippen molar-refractivity contribution in [1.82, 2.24) is 6.15 Å². The molecular formula is C13H24NNaO6. The van der Waals surface area contributed by atoms with Gasteiger partial charge in [0.2, 0.25) is 0 Å². The van der Waals surface area contributed by atoms with E-state index < -0.39 is 17.9 Å². The maximum atomic E-state index is 9.49. The first-order valence-corrected chi connectivity index (χ1v) is 8.91. The van der Waals surface area contributed by atoms with E-state index in [1.807, 2.05) is 0 Å². The number of rotatable bonds is 6. The first-order valence-electron chi connectivity index (χ1n) is 6.91. The fraction of sp³-hybridized carbons (Fsp3) is 0.769.